The van der Waals surface area contributed by atoms with Crippen molar-refractivity contribution >= 4 is 17.6 Å². The van der Waals surface area contributed by atoms with Crippen molar-refractivity contribution < 1.29 is 18.7 Å². The van der Waals surface area contributed by atoms with Gasteiger partial charge in [0.25, 0.3) is 0 Å². The minimum absolute atomic E-state index is 0.158. The van der Waals surface area contributed by atoms with E-state index in [-0.39, 0.29) is 5.56 Å². The fourth-order valence-corrected chi connectivity index (χ4v) is 2.10. The molecule has 1 aliphatic carbocycles. The van der Waals surface area contributed by atoms with Crippen LogP contribution in [0.5, 0.6) is 0 Å². The molecule has 5 heteroatoms. The molecule has 86 valence electrons. The predicted octanol–water partition coefficient (Wildman–Crippen LogP) is 3.12. The molecule has 0 heterocycles. The van der Waals surface area contributed by atoms with Crippen molar-refractivity contribution in [2.45, 2.75) is 24.7 Å². The normalized spacial score (nSPS) is 17.9. The Morgan fingerprint density at radius 3 is 2.12 bits per heavy atom. The van der Waals surface area contributed by atoms with Gasteiger partial charge >= 0.3 is 5.97 Å². The molecule has 2 nitrogen and oxygen atoms in total. The predicted molar refractivity (Wildman–Crippen MR) is 54.5 cm³/mol. The van der Waals surface area contributed by atoms with Crippen molar-refractivity contribution in [2.24, 2.45) is 0 Å². The van der Waals surface area contributed by atoms with E-state index in [0.717, 1.165) is 18.6 Å². The van der Waals surface area contributed by atoms with E-state index >= 15 is 0 Å². The van der Waals surface area contributed by atoms with Crippen LogP contribution in [0.15, 0.2) is 12.1 Å². The third-order valence-electron chi connectivity index (χ3n) is 3.15. The van der Waals surface area contributed by atoms with Crippen LogP contribution in [0.2, 0.25) is 5.02 Å². The van der Waals surface area contributed by atoms with Crippen molar-refractivity contribution in [3.63, 3.8) is 0 Å². The molecule has 0 atom stereocenters. The molecule has 0 unspecified atom stereocenters. The minimum Gasteiger partial charge on any atom is -0.481 e. The van der Waals surface area contributed by atoms with E-state index in [4.69, 9.17) is 16.7 Å². The Kier molecular flexibility index (Phi) is 2.62. The molecule has 0 amide bonds. The van der Waals surface area contributed by atoms with E-state index in [1.165, 1.54) is 0 Å². The first kappa shape index (κ1) is 11.3. The van der Waals surface area contributed by atoms with Gasteiger partial charge in [0.1, 0.15) is 16.7 Å². The highest BCUT2D eigenvalue weighted by atomic mass is 35.5. The standard InChI is InChI=1S/C11H9ClF2O2/c12-9-7(13)4-6(5-8(9)14)11(10(15)16)2-1-3-11/h4-5H,1-3H2,(H,15,16). The van der Waals surface area contributed by atoms with E-state index < -0.39 is 28.0 Å². The average molecular weight is 247 g/mol. The Morgan fingerprint density at radius 1 is 1.31 bits per heavy atom. The van der Waals surface area contributed by atoms with Crippen LogP contribution in [-0.4, -0.2) is 11.1 Å². The molecule has 16 heavy (non-hydrogen) atoms. The topological polar surface area (TPSA) is 37.3 Å². The summed E-state index contributed by atoms with van der Waals surface area (Å²) in [4.78, 5) is 11.1. The lowest BCUT2D eigenvalue weighted by atomic mass is 9.64. The minimum atomic E-state index is -1.13. The molecule has 1 fully saturated rings. The molecule has 0 aromatic heterocycles. The highest BCUT2D eigenvalue weighted by Gasteiger charge is 2.46. The Labute approximate surface area is 95.8 Å². The van der Waals surface area contributed by atoms with E-state index in [0.29, 0.717) is 12.8 Å². The molecule has 0 spiro atoms. The van der Waals surface area contributed by atoms with Crippen molar-refractivity contribution in [3.05, 3.63) is 34.4 Å². The first-order chi connectivity index (χ1) is 7.47. The maximum Gasteiger partial charge on any atom is 0.314 e. The van der Waals surface area contributed by atoms with Crippen molar-refractivity contribution in [2.75, 3.05) is 0 Å². The van der Waals surface area contributed by atoms with Crippen LogP contribution in [-0.2, 0) is 10.2 Å². The number of carboxylic acids is 1. The zero-order valence-electron chi connectivity index (χ0n) is 8.27. The summed E-state index contributed by atoms with van der Waals surface area (Å²) >= 11 is 5.34. The van der Waals surface area contributed by atoms with Crippen molar-refractivity contribution in [1.82, 2.24) is 0 Å². The molecule has 2 rings (SSSR count). The molecular weight excluding hydrogens is 238 g/mol. The number of benzene rings is 1. The number of hydrogen-bond acceptors (Lipinski definition) is 1. The quantitative estimate of drug-likeness (QED) is 0.814. The number of aliphatic carboxylic acids is 1. The van der Waals surface area contributed by atoms with Gasteiger partial charge in [0, 0.05) is 0 Å². The number of halogens is 3. The second-order valence-corrected chi connectivity index (χ2v) is 4.37. The number of carbonyl (C=O) groups is 1. The number of carboxylic acid groups (broad SMARTS) is 1. The van der Waals surface area contributed by atoms with Gasteiger partial charge in [-0.3, -0.25) is 4.79 Å². The summed E-state index contributed by atoms with van der Waals surface area (Å²) in [6, 6.07) is 2.03. The highest BCUT2D eigenvalue weighted by molar-refractivity contribution is 6.30. The van der Waals surface area contributed by atoms with Crippen LogP contribution in [0.25, 0.3) is 0 Å². The van der Waals surface area contributed by atoms with Crippen molar-refractivity contribution in [3.8, 4) is 0 Å². The largest absolute Gasteiger partial charge is 0.481 e. The van der Waals surface area contributed by atoms with Gasteiger partial charge in [-0.2, -0.15) is 0 Å². The lowest BCUT2D eigenvalue weighted by molar-refractivity contribution is -0.147. The summed E-state index contributed by atoms with van der Waals surface area (Å²) in [6.45, 7) is 0. The maximum absolute atomic E-state index is 13.2. The average Bonchev–Trinajstić information content (AvgIpc) is 2.11. The van der Waals surface area contributed by atoms with E-state index in [2.05, 4.69) is 0 Å². The molecule has 1 saturated carbocycles. The van der Waals surface area contributed by atoms with Gasteiger partial charge in [0.2, 0.25) is 0 Å². The third-order valence-corrected chi connectivity index (χ3v) is 3.51. The summed E-state index contributed by atoms with van der Waals surface area (Å²) < 4.78 is 26.5. The van der Waals surface area contributed by atoms with Gasteiger partial charge in [-0.1, -0.05) is 18.0 Å². The molecule has 1 aliphatic rings. The summed E-state index contributed by atoms with van der Waals surface area (Å²) in [7, 11) is 0. The van der Waals surface area contributed by atoms with Crippen LogP contribution < -0.4 is 0 Å². The molecular formula is C11H9ClF2O2. The first-order valence-corrected chi connectivity index (χ1v) is 5.23. The Balaban J connectivity index is 2.52. The molecule has 1 aromatic carbocycles. The Bertz CT molecular complexity index is 432. The van der Waals surface area contributed by atoms with Gasteiger partial charge in [-0.25, -0.2) is 8.78 Å². The van der Waals surface area contributed by atoms with Crippen LogP contribution in [0.3, 0.4) is 0 Å². The SMILES string of the molecule is O=C(O)C1(c2cc(F)c(Cl)c(F)c2)CCC1. The maximum atomic E-state index is 13.2. The van der Waals surface area contributed by atoms with Crippen LogP contribution in [0, 0.1) is 11.6 Å². The smallest absolute Gasteiger partial charge is 0.314 e. The van der Waals surface area contributed by atoms with E-state index in [1.807, 2.05) is 0 Å². The number of hydrogen-bond donors (Lipinski definition) is 1. The van der Waals surface area contributed by atoms with Gasteiger partial charge < -0.3 is 5.11 Å². The first-order valence-electron chi connectivity index (χ1n) is 4.86. The lowest BCUT2D eigenvalue weighted by Gasteiger charge is -2.38. The molecule has 1 N–H and O–H groups in total. The summed E-state index contributed by atoms with van der Waals surface area (Å²) in [6.07, 6.45) is 1.56. The summed E-state index contributed by atoms with van der Waals surface area (Å²) in [5.41, 5.74) is -0.975. The molecule has 1 aromatic rings. The molecule has 0 saturated heterocycles. The number of rotatable bonds is 2. The van der Waals surface area contributed by atoms with E-state index in [1.54, 1.807) is 0 Å². The zero-order chi connectivity index (χ0) is 11.9. The van der Waals surface area contributed by atoms with E-state index in [9.17, 15) is 13.6 Å². The van der Waals surface area contributed by atoms with Crippen LogP contribution in [0.4, 0.5) is 8.78 Å². The summed E-state index contributed by atoms with van der Waals surface area (Å²) in [5.74, 6) is -2.87. The second kappa shape index (κ2) is 3.70. The summed E-state index contributed by atoms with van der Waals surface area (Å²) in [5, 5.41) is 8.52. The van der Waals surface area contributed by atoms with Gasteiger partial charge in [-0.05, 0) is 30.5 Å². The van der Waals surface area contributed by atoms with Crippen LogP contribution in [0.1, 0.15) is 24.8 Å². The molecule has 0 aliphatic heterocycles. The molecule has 0 bridgehead atoms. The highest BCUT2D eigenvalue weighted by Crippen LogP contribution is 2.44. The monoisotopic (exact) mass is 246 g/mol. The second-order valence-electron chi connectivity index (χ2n) is 3.99. The van der Waals surface area contributed by atoms with Gasteiger partial charge in [0.05, 0.1) is 5.41 Å². The fourth-order valence-electron chi connectivity index (χ4n) is 1.99. The van der Waals surface area contributed by atoms with Crippen molar-refractivity contribution in [1.29, 1.82) is 0 Å². The van der Waals surface area contributed by atoms with Gasteiger partial charge in [0.15, 0.2) is 0 Å². The Hall–Kier alpha value is -1.16. The Morgan fingerprint density at radius 2 is 1.81 bits per heavy atom. The fraction of sp³-hybridized carbons (Fsp3) is 0.364. The lowest BCUT2D eigenvalue weighted by Crippen LogP contribution is -2.42. The van der Waals surface area contributed by atoms with Crippen LogP contribution >= 0.6 is 11.6 Å². The zero-order valence-corrected chi connectivity index (χ0v) is 9.02. The van der Waals surface area contributed by atoms with Gasteiger partial charge in [-0.15, -0.1) is 0 Å². The molecule has 0 radical (unpaired) electrons. The third kappa shape index (κ3) is 1.48.